The van der Waals surface area contributed by atoms with Gasteiger partial charge in [-0.25, -0.2) is 9.59 Å². The van der Waals surface area contributed by atoms with Gasteiger partial charge in [-0.2, -0.15) is 0 Å². The number of alkyl halides is 1. The van der Waals surface area contributed by atoms with Crippen molar-refractivity contribution in [3.05, 3.63) is 12.2 Å². The lowest BCUT2D eigenvalue weighted by atomic mass is 9.89. The van der Waals surface area contributed by atoms with Gasteiger partial charge in [-0.05, 0) is 33.6 Å². The monoisotopic (exact) mass is 317 g/mol. The second-order valence-electron chi connectivity index (χ2n) is 6.32. The van der Waals surface area contributed by atoms with E-state index in [4.69, 9.17) is 21.1 Å². The van der Waals surface area contributed by atoms with Gasteiger partial charge in [0.15, 0.2) is 0 Å². The van der Waals surface area contributed by atoms with Crippen LogP contribution in [0.25, 0.3) is 0 Å². The standard InChI is InChI=1S/C15H24ClNO4/c1-11(10-16)9-15(12(18)20-5)7-6-8-17(15)13(19)21-14(2,3)4/h1,6-10H2,2-5H3/t15-/m1/s1. The van der Waals surface area contributed by atoms with Gasteiger partial charge in [-0.1, -0.05) is 12.2 Å². The molecule has 0 aliphatic carbocycles. The van der Waals surface area contributed by atoms with Gasteiger partial charge in [-0.3, -0.25) is 4.90 Å². The van der Waals surface area contributed by atoms with Gasteiger partial charge in [0.05, 0.1) is 7.11 Å². The Kier molecular flexibility index (Phi) is 5.68. The second kappa shape index (κ2) is 6.69. The van der Waals surface area contributed by atoms with Crippen molar-refractivity contribution in [2.24, 2.45) is 0 Å². The second-order valence-corrected chi connectivity index (χ2v) is 6.59. The number of hydrogen-bond acceptors (Lipinski definition) is 4. The van der Waals surface area contributed by atoms with Crippen molar-refractivity contribution in [3.8, 4) is 0 Å². The van der Waals surface area contributed by atoms with Crippen molar-refractivity contribution >= 4 is 23.7 Å². The van der Waals surface area contributed by atoms with E-state index in [0.29, 0.717) is 31.4 Å². The third-order valence-electron chi connectivity index (χ3n) is 3.40. The van der Waals surface area contributed by atoms with Crippen molar-refractivity contribution in [3.63, 3.8) is 0 Å². The minimum atomic E-state index is -1.05. The van der Waals surface area contributed by atoms with E-state index in [-0.39, 0.29) is 5.88 Å². The van der Waals surface area contributed by atoms with Crippen LogP contribution in [0.15, 0.2) is 12.2 Å². The van der Waals surface area contributed by atoms with Crippen LogP contribution in [0.4, 0.5) is 4.79 Å². The number of esters is 1. The summed E-state index contributed by atoms with van der Waals surface area (Å²) in [5, 5.41) is 0. The zero-order chi connectivity index (χ0) is 16.3. The van der Waals surface area contributed by atoms with Crippen LogP contribution in [0.1, 0.15) is 40.0 Å². The number of nitrogens with zero attached hydrogens (tertiary/aromatic N) is 1. The van der Waals surface area contributed by atoms with Crippen LogP contribution in [0.2, 0.25) is 0 Å². The Balaban J connectivity index is 3.07. The summed E-state index contributed by atoms with van der Waals surface area (Å²) in [4.78, 5) is 26.2. The largest absolute Gasteiger partial charge is 0.467 e. The predicted octanol–water partition coefficient (Wildman–Crippen LogP) is 3.11. The van der Waals surface area contributed by atoms with Crippen LogP contribution in [-0.2, 0) is 14.3 Å². The Hall–Kier alpha value is -1.23. The molecule has 0 radical (unpaired) electrons. The molecule has 0 aromatic heterocycles. The van der Waals surface area contributed by atoms with Crippen LogP contribution >= 0.6 is 11.6 Å². The Labute approximate surface area is 131 Å². The molecule has 0 aromatic carbocycles. The van der Waals surface area contributed by atoms with E-state index in [1.54, 1.807) is 20.8 Å². The fourth-order valence-corrected chi connectivity index (χ4v) is 2.68. The molecule has 1 rings (SSSR count). The number of ether oxygens (including phenoxy) is 2. The zero-order valence-electron chi connectivity index (χ0n) is 13.2. The Morgan fingerprint density at radius 2 is 2.00 bits per heavy atom. The zero-order valence-corrected chi connectivity index (χ0v) is 14.0. The summed E-state index contributed by atoms with van der Waals surface area (Å²) in [7, 11) is 1.32. The third kappa shape index (κ3) is 4.13. The van der Waals surface area contributed by atoms with Gasteiger partial charge in [0.2, 0.25) is 0 Å². The van der Waals surface area contributed by atoms with E-state index >= 15 is 0 Å². The number of rotatable bonds is 4. The van der Waals surface area contributed by atoms with Crippen molar-refractivity contribution in [1.82, 2.24) is 4.90 Å². The number of likely N-dealkylation sites (tertiary alicyclic amines) is 1. The molecule has 1 aliphatic heterocycles. The average molecular weight is 318 g/mol. The van der Waals surface area contributed by atoms with Crippen LogP contribution < -0.4 is 0 Å². The maximum Gasteiger partial charge on any atom is 0.411 e. The van der Waals surface area contributed by atoms with E-state index in [9.17, 15) is 9.59 Å². The van der Waals surface area contributed by atoms with E-state index in [0.717, 1.165) is 0 Å². The maximum absolute atomic E-state index is 12.4. The number of carbonyl (C=O) groups is 2. The maximum atomic E-state index is 12.4. The molecular weight excluding hydrogens is 294 g/mol. The van der Waals surface area contributed by atoms with Gasteiger partial charge in [-0.15, -0.1) is 11.6 Å². The Bertz CT molecular complexity index is 430. The molecule has 6 heteroatoms. The van der Waals surface area contributed by atoms with Gasteiger partial charge in [0.1, 0.15) is 11.1 Å². The highest BCUT2D eigenvalue weighted by molar-refractivity contribution is 6.19. The van der Waals surface area contributed by atoms with Gasteiger partial charge in [0, 0.05) is 18.8 Å². The van der Waals surface area contributed by atoms with Crippen molar-refractivity contribution < 1.29 is 19.1 Å². The normalized spacial score (nSPS) is 22.0. The first kappa shape index (κ1) is 17.8. The number of hydrogen-bond donors (Lipinski definition) is 0. The summed E-state index contributed by atoms with van der Waals surface area (Å²) in [6.07, 6.45) is 1.02. The summed E-state index contributed by atoms with van der Waals surface area (Å²) >= 11 is 5.79. The molecule has 0 aromatic rings. The number of methoxy groups -OCH3 is 1. The highest BCUT2D eigenvalue weighted by Gasteiger charge is 2.52. The van der Waals surface area contributed by atoms with Crippen LogP contribution in [0, 0.1) is 0 Å². The van der Waals surface area contributed by atoms with Gasteiger partial charge in [0.25, 0.3) is 0 Å². The quantitative estimate of drug-likeness (QED) is 0.454. The van der Waals surface area contributed by atoms with Crippen LogP contribution in [0.5, 0.6) is 0 Å². The van der Waals surface area contributed by atoms with Crippen LogP contribution in [0.3, 0.4) is 0 Å². The number of halogens is 1. The Morgan fingerprint density at radius 3 is 2.48 bits per heavy atom. The summed E-state index contributed by atoms with van der Waals surface area (Å²) < 4.78 is 10.3. The molecule has 1 aliphatic rings. The minimum absolute atomic E-state index is 0.237. The lowest BCUT2D eigenvalue weighted by Gasteiger charge is -2.37. The molecule has 1 saturated heterocycles. The SMILES string of the molecule is C=C(CCl)C[C@@]1(C(=O)OC)CCCN1C(=O)OC(C)(C)C. The molecule has 1 amide bonds. The summed E-state index contributed by atoms with van der Waals surface area (Å²) in [5.74, 6) is -0.210. The number of carbonyl (C=O) groups excluding carboxylic acids is 2. The molecular formula is C15H24ClNO4. The number of amides is 1. The van der Waals surface area contributed by atoms with Crippen molar-refractivity contribution in [1.29, 1.82) is 0 Å². The fourth-order valence-electron chi connectivity index (χ4n) is 2.58. The lowest BCUT2D eigenvalue weighted by Crippen LogP contribution is -2.55. The van der Waals surface area contributed by atoms with Crippen molar-refractivity contribution in [2.75, 3.05) is 19.5 Å². The molecule has 120 valence electrons. The molecule has 0 saturated carbocycles. The molecule has 21 heavy (non-hydrogen) atoms. The van der Waals surface area contributed by atoms with E-state index < -0.39 is 23.2 Å². The fraction of sp³-hybridized carbons (Fsp3) is 0.733. The third-order valence-corrected chi connectivity index (χ3v) is 3.78. The Morgan fingerprint density at radius 1 is 1.38 bits per heavy atom. The van der Waals surface area contributed by atoms with E-state index in [2.05, 4.69) is 6.58 Å². The highest BCUT2D eigenvalue weighted by atomic mass is 35.5. The van der Waals surface area contributed by atoms with Gasteiger partial charge >= 0.3 is 12.1 Å². The van der Waals surface area contributed by atoms with Crippen molar-refractivity contribution in [2.45, 2.75) is 51.2 Å². The van der Waals surface area contributed by atoms with Gasteiger partial charge < -0.3 is 9.47 Å². The molecule has 5 nitrogen and oxygen atoms in total. The summed E-state index contributed by atoms with van der Waals surface area (Å²) in [6.45, 7) is 9.68. The molecule has 0 N–H and O–H groups in total. The molecule has 0 bridgehead atoms. The topological polar surface area (TPSA) is 55.8 Å². The highest BCUT2D eigenvalue weighted by Crippen LogP contribution is 2.37. The van der Waals surface area contributed by atoms with E-state index in [1.807, 2.05) is 0 Å². The first-order valence-corrected chi connectivity index (χ1v) is 7.51. The smallest absolute Gasteiger partial charge is 0.411 e. The average Bonchev–Trinajstić information content (AvgIpc) is 2.80. The molecule has 1 fully saturated rings. The molecule has 0 spiro atoms. The summed E-state index contributed by atoms with van der Waals surface area (Å²) in [5.41, 5.74) is -0.980. The van der Waals surface area contributed by atoms with Crippen LogP contribution in [-0.4, -0.2) is 47.6 Å². The minimum Gasteiger partial charge on any atom is -0.467 e. The molecule has 0 unspecified atom stereocenters. The molecule has 1 atom stereocenters. The molecule has 1 heterocycles. The first-order valence-electron chi connectivity index (χ1n) is 6.98. The lowest BCUT2D eigenvalue weighted by molar-refractivity contribution is -0.153. The predicted molar refractivity (Wildman–Crippen MR) is 81.4 cm³/mol. The summed E-state index contributed by atoms with van der Waals surface area (Å²) in [6, 6.07) is 0. The first-order chi connectivity index (χ1) is 9.66. The van der Waals surface area contributed by atoms with E-state index in [1.165, 1.54) is 12.0 Å².